The van der Waals surface area contributed by atoms with Crippen LogP contribution in [-0.4, -0.2) is 5.91 Å². The van der Waals surface area contributed by atoms with Crippen molar-refractivity contribution in [1.82, 2.24) is 0 Å². The minimum Gasteiger partial charge on any atom is -0.423 e. The minimum absolute atomic E-state index is 0.124. The molecule has 4 heteroatoms. The molecule has 1 aromatic heterocycles. The molecule has 4 bridgehead atoms. The third kappa shape index (κ3) is 2.78. The first-order valence-corrected chi connectivity index (χ1v) is 9.41. The Bertz CT molecular complexity index is 862. The zero-order valence-corrected chi connectivity index (χ0v) is 14.3. The van der Waals surface area contributed by atoms with Gasteiger partial charge in [0, 0.05) is 23.6 Å². The summed E-state index contributed by atoms with van der Waals surface area (Å²) in [6, 6.07) is 8.56. The number of fused-ring (bicyclic) bond motifs is 1. The zero-order valence-electron chi connectivity index (χ0n) is 14.3. The summed E-state index contributed by atoms with van der Waals surface area (Å²) in [5, 5.41) is 3.89. The molecule has 2 aromatic rings. The van der Waals surface area contributed by atoms with Gasteiger partial charge in [-0.25, -0.2) is 4.79 Å². The molecule has 4 aliphatic rings. The number of amides is 1. The van der Waals surface area contributed by atoms with Crippen LogP contribution in [0.2, 0.25) is 0 Å². The summed E-state index contributed by atoms with van der Waals surface area (Å²) in [5.41, 5.74) is 1.22. The molecule has 4 fully saturated rings. The van der Waals surface area contributed by atoms with Crippen LogP contribution in [0.15, 0.2) is 39.5 Å². The molecule has 4 saturated carbocycles. The van der Waals surface area contributed by atoms with Gasteiger partial charge >= 0.3 is 5.63 Å². The van der Waals surface area contributed by atoms with Crippen molar-refractivity contribution in [3.63, 3.8) is 0 Å². The summed E-state index contributed by atoms with van der Waals surface area (Å²) in [6.45, 7) is 0. The highest BCUT2D eigenvalue weighted by Crippen LogP contribution is 2.61. The average molecular weight is 337 g/mol. The van der Waals surface area contributed by atoms with Crippen LogP contribution in [0.3, 0.4) is 0 Å². The fourth-order valence-corrected chi connectivity index (χ4v) is 6.20. The smallest absolute Gasteiger partial charge is 0.336 e. The molecule has 6 rings (SSSR count). The van der Waals surface area contributed by atoms with E-state index in [9.17, 15) is 9.59 Å². The van der Waals surface area contributed by atoms with Crippen LogP contribution in [0, 0.1) is 23.2 Å². The Balaban J connectivity index is 1.32. The van der Waals surface area contributed by atoms with Crippen LogP contribution in [-0.2, 0) is 4.79 Å². The Morgan fingerprint density at radius 1 is 1.04 bits per heavy atom. The van der Waals surface area contributed by atoms with Gasteiger partial charge in [-0.2, -0.15) is 0 Å². The number of carbonyl (C=O) groups excluding carboxylic acids is 1. The fourth-order valence-electron chi connectivity index (χ4n) is 6.20. The van der Waals surface area contributed by atoms with E-state index in [4.69, 9.17) is 4.42 Å². The lowest BCUT2D eigenvalue weighted by Gasteiger charge is -2.56. The molecule has 0 saturated heterocycles. The first kappa shape index (κ1) is 15.2. The van der Waals surface area contributed by atoms with Crippen molar-refractivity contribution in [3.05, 3.63) is 40.8 Å². The molecule has 0 spiro atoms. The molecule has 0 aliphatic heterocycles. The molecule has 1 N–H and O–H groups in total. The lowest BCUT2D eigenvalue weighted by atomic mass is 9.49. The van der Waals surface area contributed by atoms with Gasteiger partial charge in [-0.3, -0.25) is 4.79 Å². The van der Waals surface area contributed by atoms with E-state index >= 15 is 0 Å². The van der Waals surface area contributed by atoms with Crippen molar-refractivity contribution in [2.24, 2.45) is 23.2 Å². The second-order valence-corrected chi connectivity index (χ2v) is 8.65. The maximum atomic E-state index is 12.7. The molecular formula is C21H23NO3. The van der Waals surface area contributed by atoms with E-state index in [1.165, 1.54) is 44.6 Å². The number of benzene rings is 1. The Kier molecular flexibility index (Phi) is 3.31. The highest BCUT2D eigenvalue weighted by molar-refractivity contribution is 5.93. The number of anilines is 1. The van der Waals surface area contributed by atoms with Gasteiger partial charge in [-0.15, -0.1) is 0 Å². The first-order chi connectivity index (χ1) is 12.1. The summed E-state index contributed by atoms with van der Waals surface area (Å²) < 4.78 is 5.14. The quantitative estimate of drug-likeness (QED) is 0.848. The topological polar surface area (TPSA) is 59.3 Å². The van der Waals surface area contributed by atoms with E-state index < -0.39 is 0 Å². The van der Waals surface area contributed by atoms with E-state index in [0.29, 0.717) is 12.0 Å². The van der Waals surface area contributed by atoms with Crippen molar-refractivity contribution in [2.45, 2.75) is 44.9 Å². The maximum Gasteiger partial charge on any atom is 0.336 e. The van der Waals surface area contributed by atoms with Crippen molar-refractivity contribution in [3.8, 4) is 0 Å². The van der Waals surface area contributed by atoms with Gasteiger partial charge < -0.3 is 9.73 Å². The number of rotatable bonds is 3. The van der Waals surface area contributed by atoms with E-state index in [1.54, 1.807) is 12.1 Å². The highest BCUT2D eigenvalue weighted by atomic mass is 16.4. The number of hydrogen-bond acceptors (Lipinski definition) is 3. The van der Waals surface area contributed by atoms with E-state index in [2.05, 4.69) is 5.32 Å². The average Bonchev–Trinajstić information content (AvgIpc) is 2.53. The Hall–Kier alpha value is -2.10. The number of carbonyl (C=O) groups is 1. The Labute approximate surface area is 146 Å². The molecule has 25 heavy (non-hydrogen) atoms. The van der Waals surface area contributed by atoms with Gasteiger partial charge in [-0.1, -0.05) is 0 Å². The minimum atomic E-state index is -0.355. The molecule has 4 aliphatic carbocycles. The number of nitrogens with one attached hydrogen (secondary N) is 1. The second kappa shape index (κ2) is 5.45. The second-order valence-electron chi connectivity index (χ2n) is 8.65. The Morgan fingerprint density at radius 2 is 1.72 bits per heavy atom. The van der Waals surface area contributed by atoms with Gasteiger partial charge in [0.15, 0.2) is 0 Å². The maximum absolute atomic E-state index is 12.7. The van der Waals surface area contributed by atoms with Gasteiger partial charge in [0.25, 0.3) is 0 Å². The summed E-state index contributed by atoms with van der Waals surface area (Å²) in [7, 11) is 0. The predicted molar refractivity (Wildman–Crippen MR) is 96.3 cm³/mol. The van der Waals surface area contributed by atoms with Gasteiger partial charge in [-0.05, 0) is 86.0 Å². The molecule has 1 heterocycles. The third-order valence-corrected chi connectivity index (χ3v) is 6.60. The molecule has 130 valence electrons. The SMILES string of the molecule is O=C(CC12CC3CC(CC(C3)C1)C2)Nc1ccc2oc(=O)ccc2c1. The van der Waals surface area contributed by atoms with Crippen molar-refractivity contribution in [2.75, 3.05) is 5.32 Å². The van der Waals surface area contributed by atoms with Gasteiger partial charge in [0.05, 0.1) is 0 Å². The van der Waals surface area contributed by atoms with Crippen molar-refractivity contribution in [1.29, 1.82) is 0 Å². The van der Waals surface area contributed by atoms with Gasteiger partial charge in [0.2, 0.25) is 5.91 Å². The largest absolute Gasteiger partial charge is 0.423 e. The molecule has 0 radical (unpaired) electrons. The molecule has 1 aromatic carbocycles. The molecule has 0 atom stereocenters. The van der Waals surface area contributed by atoms with Crippen molar-refractivity contribution < 1.29 is 9.21 Å². The third-order valence-electron chi connectivity index (χ3n) is 6.60. The standard InChI is InChI=1S/C21H23NO3/c23-19(12-21-9-13-5-14(10-21)7-15(6-13)11-21)22-17-2-3-18-16(8-17)1-4-20(24)25-18/h1-4,8,13-15H,5-7,9-12H2,(H,22,23). The highest BCUT2D eigenvalue weighted by Gasteiger charge is 2.51. The molecular weight excluding hydrogens is 314 g/mol. The van der Waals surface area contributed by atoms with Crippen LogP contribution in [0.25, 0.3) is 11.0 Å². The summed E-state index contributed by atoms with van der Waals surface area (Å²) in [6.07, 6.45) is 8.59. The normalized spacial score (nSPS) is 32.9. The molecule has 1 amide bonds. The van der Waals surface area contributed by atoms with E-state index in [1.807, 2.05) is 12.1 Å². The van der Waals surface area contributed by atoms with Crippen LogP contribution in [0.4, 0.5) is 5.69 Å². The van der Waals surface area contributed by atoms with E-state index in [-0.39, 0.29) is 16.9 Å². The zero-order chi connectivity index (χ0) is 17.0. The fraction of sp³-hybridized carbons (Fsp3) is 0.524. The lowest BCUT2D eigenvalue weighted by molar-refractivity contribution is -0.124. The lowest BCUT2D eigenvalue weighted by Crippen LogP contribution is -2.47. The van der Waals surface area contributed by atoms with Crippen molar-refractivity contribution >= 4 is 22.6 Å². The Morgan fingerprint density at radius 3 is 2.40 bits per heavy atom. The molecule has 4 nitrogen and oxygen atoms in total. The van der Waals surface area contributed by atoms with Crippen LogP contribution in [0.1, 0.15) is 44.9 Å². The number of hydrogen-bond donors (Lipinski definition) is 1. The predicted octanol–water partition coefficient (Wildman–Crippen LogP) is 4.34. The monoisotopic (exact) mass is 337 g/mol. The summed E-state index contributed by atoms with van der Waals surface area (Å²) in [4.78, 5) is 24.0. The van der Waals surface area contributed by atoms with E-state index in [0.717, 1.165) is 28.8 Å². The van der Waals surface area contributed by atoms with Gasteiger partial charge in [0.1, 0.15) is 5.58 Å². The van der Waals surface area contributed by atoms with Crippen LogP contribution in [0.5, 0.6) is 0 Å². The summed E-state index contributed by atoms with van der Waals surface area (Å²) >= 11 is 0. The van der Waals surface area contributed by atoms with Crippen LogP contribution >= 0.6 is 0 Å². The van der Waals surface area contributed by atoms with Crippen LogP contribution < -0.4 is 10.9 Å². The molecule has 0 unspecified atom stereocenters. The first-order valence-electron chi connectivity index (χ1n) is 9.41. The summed E-state index contributed by atoms with van der Waals surface area (Å²) in [5.74, 6) is 2.71.